The highest BCUT2D eigenvalue weighted by molar-refractivity contribution is 6.05. The van der Waals surface area contributed by atoms with Crippen LogP contribution >= 0.6 is 0 Å². The molecule has 0 aliphatic carbocycles. The predicted molar refractivity (Wildman–Crippen MR) is 108 cm³/mol. The van der Waals surface area contributed by atoms with E-state index in [1.807, 2.05) is 36.4 Å². The number of nitrogens with zero attached hydrogens (tertiary/aromatic N) is 2. The smallest absolute Gasteiger partial charge is 0.255 e. The van der Waals surface area contributed by atoms with Crippen LogP contribution in [0.3, 0.4) is 0 Å². The van der Waals surface area contributed by atoms with E-state index in [2.05, 4.69) is 52.2 Å². The molecular weight excluding hydrogens is 322 g/mol. The average Bonchev–Trinajstić information content (AvgIpc) is 3.32. The summed E-state index contributed by atoms with van der Waals surface area (Å²) in [5.74, 6) is -0.0802. The number of benzene rings is 2. The van der Waals surface area contributed by atoms with E-state index in [1.54, 1.807) is 0 Å². The second-order valence-electron chi connectivity index (χ2n) is 6.66. The van der Waals surface area contributed by atoms with Crippen molar-refractivity contribution < 1.29 is 4.79 Å². The zero-order valence-electron chi connectivity index (χ0n) is 15.0. The van der Waals surface area contributed by atoms with Crippen LogP contribution in [-0.2, 0) is 6.54 Å². The summed E-state index contributed by atoms with van der Waals surface area (Å²) in [5.41, 5.74) is 3.84. The zero-order chi connectivity index (χ0) is 17.9. The SMILES string of the molecule is CCCn1ccc2cc(NC(=O)c3ccc(N4CC=CC4)cc3)ccc21. The molecule has 0 fully saturated rings. The lowest BCUT2D eigenvalue weighted by atomic mass is 10.1. The third kappa shape index (κ3) is 3.23. The Morgan fingerprint density at radius 1 is 1.04 bits per heavy atom. The van der Waals surface area contributed by atoms with E-state index in [4.69, 9.17) is 0 Å². The van der Waals surface area contributed by atoms with E-state index in [-0.39, 0.29) is 5.91 Å². The molecule has 1 aliphatic heterocycles. The normalized spacial score (nSPS) is 13.5. The molecule has 132 valence electrons. The third-order valence-electron chi connectivity index (χ3n) is 4.81. The van der Waals surface area contributed by atoms with Crippen molar-refractivity contribution >= 4 is 28.2 Å². The number of rotatable bonds is 5. The fourth-order valence-electron chi connectivity index (χ4n) is 3.43. The largest absolute Gasteiger partial charge is 0.364 e. The van der Waals surface area contributed by atoms with Gasteiger partial charge in [-0.15, -0.1) is 0 Å². The molecule has 3 aromatic rings. The minimum Gasteiger partial charge on any atom is -0.364 e. The second-order valence-corrected chi connectivity index (χ2v) is 6.66. The molecule has 4 nitrogen and oxygen atoms in total. The summed E-state index contributed by atoms with van der Waals surface area (Å²) in [7, 11) is 0. The van der Waals surface area contributed by atoms with Gasteiger partial charge in [-0.2, -0.15) is 0 Å². The Morgan fingerprint density at radius 3 is 2.54 bits per heavy atom. The summed E-state index contributed by atoms with van der Waals surface area (Å²) in [5, 5.41) is 4.15. The highest BCUT2D eigenvalue weighted by Gasteiger charge is 2.11. The number of carbonyl (C=O) groups is 1. The number of aromatic nitrogens is 1. The van der Waals surface area contributed by atoms with Crippen molar-refractivity contribution in [3.63, 3.8) is 0 Å². The molecule has 0 saturated carbocycles. The predicted octanol–water partition coefficient (Wildman–Crippen LogP) is 4.68. The lowest BCUT2D eigenvalue weighted by molar-refractivity contribution is 0.102. The summed E-state index contributed by atoms with van der Waals surface area (Å²) in [6.07, 6.45) is 7.52. The lowest BCUT2D eigenvalue weighted by Crippen LogP contribution is -2.18. The molecule has 2 aromatic carbocycles. The monoisotopic (exact) mass is 345 g/mol. The first-order valence-corrected chi connectivity index (χ1v) is 9.15. The van der Waals surface area contributed by atoms with Gasteiger partial charge in [-0.3, -0.25) is 4.79 Å². The molecule has 1 amide bonds. The first kappa shape index (κ1) is 16.5. The fourth-order valence-corrected chi connectivity index (χ4v) is 3.43. The number of hydrogen-bond acceptors (Lipinski definition) is 2. The molecular formula is C22H23N3O. The highest BCUT2D eigenvalue weighted by Crippen LogP contribution is 2.22. The van der Waals surface area contributed by atoms with E-state index in [0.717, 1.165) is 42.8 Å². The Labute approximate surface area is 153 Å². The van der Waals surface area contributed by atoms with Crippen LogP contribution in [0, 0.1) is 0 Å². The molecule has 4 rings (SSSR count). The molecule has 0 bridgehead atoms. The van der Waals surface area contributed by atoms with Gasteiger partial charge in [-0.25, -0.2) is 0 Å². The van der Waals surface area contributed by atoms with E-state index in [0.29, 0.717) is 5.56 Å². The number of carbonyl (C=O) groups excluding carboxylic acids is 1. The molecule has 0 atom stereocenters. The van der Waals surface area contributed by atoms with Gasteiger partial charge in [0.15, 0.2) is 0 Å². The van der Waals surface area contributed by atoms with E-state index < -0.39 is 0 Å². The van der Waals surface area contributed by atoms with Gasteiger partial charge in [0, 0.05) is 53.7 Å². The maximum atomic E-state index is 12.5. The van der Waals surface area contributed by atoms with Gasteiger partial charge in [0.25, 0.3) is 5.91 Å². The Kier molecular flexibility index (Phi) is 4.48. The van der Waals surface area contributed by atoms with Crippen LogP contribution in [0.2, 0.25) is 0 Å². The maximum absolute atomic E-state index is 12.5. The molecule has 4 heteroatoms. The minimum atomic E-state index is -0.0802. The van der Waals surface area contributed by atoms with Crippen LogP contribution in [0.5, 0.6) is 0 Å². The van der Waals surface area contributed by atoms with Crippen molar-refractivity contribution in [1.82, 2.24) is 4.57 Å². The Bertz CT molecular complexity index is 945. The van der Waals surface area contributed by atoms with Gasteiger partial charge in [-0.05, 0) is 55.0 Å². The van der Waals surface area contributed by atoms with Crippen molar-refractivity contribution in [2.75, 3.05) is 23.3 Å². The molecule has 1 N–H and O–H groups in total. The number of aryl methyl sites for hydroxylation is 1. The van der Waals surface area contributed by atoms with Crippen molar-refractivity contribution in [3.05, 3.63) is 72.4 Å². The van der Waals surface area contributed by atoms with Crippen LogP contribution in [0.25, 0.3) is 10.9 Å². The van der Waals surface area contributed by atoms with Gasteiger partial charge in [-0.1, -0.05) is 19.1 Å². The molecule has 2 heterocycles. The fraction of sp³-hybridized carbons (Fsp3) is 0.227. The van der Waals surface area contributed by atoms with Gasteiger partial charge in [0.1, 0.15) is 0 Å². The molecule has 1 aromatic heterocycles. The van der Waals surface area contributed by atoms with Crippen LogP contribution < -0.4 is 10.2 Å². The highest BCUT2D eigenvalue weighted by atomic mass is 16.1. The van der Waals surface area contributed by atoms with E-state index >= 15 is 0 Å². The maximum Gasteiger partial charge on any atom is 0.255 e. The molecule has 26 heavy (non-hydrogen) atoms. The summed E-state index contributed by atoms with van der Waals surface area (Å²) in [6.45, 7) is 5.05. The number of fused-ring (bicyclic) bond motifs is 1. The zero-order valence-corrected chi connectivity index (χ0v) is 15.0. The summed E-state index contributed by atoms with van der Waals surface area (Å²) in [4.78, 5) is 14.8. The standard InChI is InChI=1S/C22H23N3O/c1-2-12-25-15-11-18-16-19(7-10-21(18)25)23-22(26)17-5-8-20(9-6-17)24-13-3-4-14-24/h3-11,15-16H,2,12-14H2,1H3,(H,23,26). The summed E-state index contributed by atoms with van der Waals surface area (Å²) < 4.78 is 2.24. The van der Waals surface area contributed by atoms with Crippen LogP contribution in [0.15, 0.2) is 66.9 Å². The Balaban J connectivity index is 1.48. The van der Waals surface area contributed by atoms with Gasteiger partial charge < -0.3 is 14.8 Å². The lowest BCUT2D eigenvalue weighted by Gasteiger charge is -2.17. The van der Waals surface area contributed by atoms with E-state index in [1.165, 1.54) is 5.52 Å². The molecule has 0 unspecified atom stereocenters. The van der Waals surface area contributed by atoms with Gasteiger partial charge in [0.05, 0.1) is 0 Å². The second kappa shape index (κ2) is 7.08. The van der Waals surface area contributed by atoms with E-state index in [9.17, 15) is 4.79 Å². The van der Waals surface area contributed by atoms with Crippen LogP contribution in [0.1, 0.15) is 23.7 Å². The molecule has 0 radical (unpaired) electrons. The van der Waals surface area contributed by atoms with Crippen molar-refractivity contribution in [2.24, 2.45) is 0 Å². The van der Waals surface area contributed by atoms with Crippen molar-refractivity contribution in [1.29, 1.82) is 0 Å². The third-order valence-corrected chi connectivity index (χ3v) is 4.81. The quantitative estimate of drug-likeness (QED) is 0.682. The molecule has 0 saturated heterocycles. The minimum absolute atomic E-state index is 0.0802. The van der Waals surface area contributed by atoms with Crippen LogP contribution in [0.4, 0.5) is 11.4 Å². The topological polar surface area (TPSA) is 37.3 Å². The average molecular weight is 345 g/mol. The molecule has 0 spiro atoms. The van der Waals surface area contributed by atoms with Crippen LogP contribution in [-0.4, -0.2) is 23.6 Å². The Hall–Kier alpha value is -3.01. The number of amides is 1. The number of anilines is 2. The Morgan fingerprint density at radius 2 is 1.81 bits per heavy atom. The van der Waals surface area contributed by atoms with Gasteiger partial charge in [0.2, 0.25) is 0 Å². The van der Waals surface area contributed by atoms with Crippen molar-refractivity contribution in [3.8, 4) is 0 Å². The van der Waals surface area contributed by atoms with Gasteiger partial charge >= 0.3 is 0 Å². The molecule has 1 aliphatic rings. The van der Waals surface area contributed by atoms with Crippen molar-refractivity contribution in [2.45, 2.75) is 19.9 Å². The first-order valence-electron chi connectivity index (χ1n) is 9.15. The first-order chi connectivity index (χ1) is 12.7. The number of hydrogen-bond donors (Lipinski definition) is 1. The summed E-state index contributed by atoms with van der Waals surface area (Å²) in [6, 6.07) is 16.0. The summed E-state index contributed by atoms with van der Waals surface area (Å²) >= 11 is 0. The number of nitrogens with one attached hydrogen (secondary N) is 1.